The number of benzene rings is 2. The van der Waals surface area contributed by atoms with Crippen molar-refractivity contribution in [1.82, 2.24) is 4.98 Å². The summed E-state index contributed by atoms with van der Waals surface area (Å²) < 4.78 is 5.39. The Morgan fingerprint density at radius 2 is 1.73 bits per heavy atom. The van der Waals surface area contributed by atoms with Crippen LogP contribution in [0.2, 0.25) is 0 Å². The highest BCUT2D eigenvalue weighted by molar-refractivity contribution is 6.05. The molecule has 0 radical (unpaired) electrons. The average molecular weight is 401 g/mol. The van der Waals surface area contributed by atoms with Gasteiger partial charge >= 0.3 is 0 Å². The van der Waals surface area contributed by atoms with Gasteiger partial charge in [-0.05, 0) is 49.4 Å². The van der Waals surface area contributed by atoms with Crippen LogP contribution < -0.4 is 10.2 Å². The van der Waals surface area contributed by atoms with Crippen molar-refractivity contribution in [2.24, 2.45) is 0 Å². The smallest absolute Gasteiger partial charge is 0.255 e. The minimum atomic E-state index is -0.208. The maximum Gasteiger partial charge on any atom is 0.255 e. The molecule has 1 saturated heterocycles. The van der Waals surface area contributed by atoms with Gasteiger partial charge in [0.15, 0.2) is 5.78 Å². The van der Waals surface area contributed by atoms with Crippen molar-refractivity contribution in [3.05, 3.63) is 78.0 Å². The highest BCUT2D eigenvalue weighted by Crippen LogP contribution is 2.22. The predicted octanol–water partition coefficient (Wildman–Crippen LogP) is 4.04. The molecule has 2 aromatic carbocycles. The number of rotatable bonds is 5. The molecule has 152 valence electrons. The molecule has 6 heteroatoms. The van der Waals surface area contributed by atoms with Gasteiger partial charge in [-0.15, -0.1) is 0 Å². The van der Waals surface area contributed by atoms with Gasteiger partial charge in [0, 0.05) is 47.4 Å². The molecule has 1 amide bonds. The van der Waals surface area contributed by atoms with Crippen molar-refractivity contribution in [2.45, 2.75) is 6.92 Å². The van der Waals surface area contributed by atoms with E-state index in [9.17, 15) is 9.59 Å². The lowest BCUT2D eigenvalue weighted by Gasteiger charge is -2.28. The summed E-state index contributed by atoms with van der Waals surface area (Å²) in [6.07, 6.45) is 1.60. The Morgan fingerprint density at radius 3 is 2.47 bits per heavy atom. The topological polar surface area (TPSA) is 71.5 Å². The second kappa shape index (κ2) is 8.88. The molecule has 0 saturated carbocycles. The Bertz CT molecular complexity index is 1060. The zero-order valence-electron chi connectivity index (χ0n) is 16.8. The molecule has 1 fully saturated rings. The lowest BCUT2D eigenvalue weighted by atomic mass is 10.0. The molecule has 4 rings (SSSR count). The fourth-order valence-electron chi connectivity index (χ4n) is 3.41. The highest BCUT2D eigenvalue weighted by atomic mass is 16.5. The number of carbonyl (C=O) groups is 2. The van der Waals surface area contributed by atoms with Crippen LogP contribution in [0.4, 0.5) is 11.4 Å². The van der Waals surface area contributed by atoms with Gasteiger partial charge in [-0.3, -0.25) is 14.6 Å². The zero-order chi connectivity index (χ0) is 20.9. The molecule has 0 bridgehead atoms. The van der Waals surface area contributed by atoms with Crippen molar-refractivity contribution in [3.63, 3.8) is 0 Å². The Kier molecular flexibility index (Phi) is 5.86. The lowest BCUT2D eigenvalue weighted by Crippen LogP contribution is -2.36. The molecule has 0 atom stereocenters. The van der Waals surface area contributed by atoms with Crippen molar-refractivity contribution in [2.75, 3.05) is 36.5 Å². The van der Waals surface area contributed by atoms with Crippen molar-refractivity contribution < 1.29 is 14.3 Å². The number of anilines is 2. The van der Waals surface area contributed by atoms with Crippen LogP contribution in [0.5, 0.6) is 0 Å². The van der Waals surface area contributed by atoms with Gasteiger partial charge in [0.2, 0.25) is 0 Å². The molecular formula is C24H23N3O3. The Labute approximate surface area is 175 Å². The van der Waals surface area contributed by atoms with Gasteiger partial charge in [-0.2, -0.15) is 0 Å². The average Bonchev–Trinajstić information content (AvgIpc) is 2.80. The van der Waals surface area contributed by atoms with Gasteiger partial charge in [0.25, 0.3) is 5.91 Å². The maximum absolute atomic E-state index is 12.7. The van der Waals surface area contributed by atoms with Crippen LogP contribution in [0.1, 0.15) is 27.6 Å². The number of ketones is 1. The summed E-state index contributed by atoms with van der Waals surface area (Å²) in [5, 5.41) is 2.93. The third-order valence-corrected chi connectivity index (χ3v) is 5.09. The van der Waals surface area contributed by atoms with Crippen molar-refractivity contribution >= 4 is 23.1 Å². The van der Waals surface area contributed by atoms with Crippen molar-refractivity contribution in [1.29, 1.82) is 0 Å². The van der Waals surface area contributed by atoms with E-state index in [1.165, 1.54) is 6.92 Å². The molecule has 2 heterocycles. The number of nitrogens with one attached hydrogen (secondary N) is 1. The Hall–Kier alpha value is -3.51. The molecule has 0 unspecified atom stereocenters. The van der Waals surface area contributed by atoms with Crippen LogP contribution >= 0.6 is 0 Å². The second-order valence-corrected chi connectivity index (χ2v) is 7.17. The van der Waals surface area contributed by atoms with Gasteiger partial charge in [-0.1, -0.05) is 18.2 Å². The van der Waals surface area contributed by atoms with Crippen LogP contribution in [0.25, 0.3) is 11.3 Å². The number of morpholine rings is 1. The first kappa shape index (κ1) is 19.8. The van der Waals surface area contributed by atoms with E-state index >= 15 is 0 Å². The normalized spacial score (nSPS) is 13.7. The van der Waals surface area contributed by atoms with Crippen LogP contribution in [0, 0.1) is 0 Å². The molecule has 1 aliphatic rings. The van der Waals surface area contributed by atoms with E-state index in [2.05, 4.69) is 15.2 Å². The molecule has 0 aliphatic carbocycles. The number of amides is 1. The van der Waals surface area contributed by atoms with E-state index in [0.717, 1.165) is 43.2 Å². The maximum atomic E-state index is 12.7. The van der Waals surface area contributed by atoms with Crippen molar-refractivity contribution in [3.8, 4) is 11.3 Å². The zero-order valence-corrected chi connectivity index (χ0v) is 16.8. The van der Waals surface area contributed by atoms with Gasteiger partial charge < -0.3 is 15.0 Å². The number of hydrogen-bond donors (Lipinski definition) is 1. The summed E-state index contributed by atoms with van der Waals surface area (Å²) in [7, 11) is 0. The summed E-state index contributed by atoms with van der Waals surface area (Å²) in [4.78, 5) is 31.0. The monoisotopic (exact) mass is 401 g/mol. The number of aromatic nitrogens is 1. The van der Waals surface area contributed by atoms with Crippen LogP contribution in [-0.4, -0.2) is 43.0 Å². The quantitative estimate of drug-likeness (QED) is 0.654. The van der Waals surface area contributed by atoms with Gasteiger partial charge in [0.1, 0.15) is 0 Å². The van der Waals surface area contributed by atoms with Gasteiger partial charge in [-0.25, -0.2) is 0 Å². The van der Waals surface area contributed by atoms with Crippen LogP contribution in [-0.2, 0) is 4.74 Å². The number of carbonyl (C=O) groups excluding carboxylic acids is 2. The first-order valence-corrected chi connectivity index (χ1v) is 9.92. The van der Waals surface area contributed by atoms with E-state index in [1.54, 1.807) is 30.5 Å². The minimum Gasteiger partial charge on any atom is -0.378 e. The molecule has 0 spiro atoms. The highest BCUT2D eigenvalue weighted by Gasteiger charge is 2.12. The number of nitrogens with zero attached hydrogens (tertiary/aromatic N) is 2. The predicted molar refractivity (Wildman–Crippen MR) is 117 cm³/mol. The molecular weight excluding hydrogens is 378 g/mol. The number of hydrogen-bond acceptors (Lipinski definition) is 5. The first-order chi connectivity index (χ1) is 14.6. The SMILES string of the molecule is CC(=O)c1cccc(-c2cc(C(=O)Nc3ccc(N4CCOCC4)cc3)ccn2)c1. The number of pyridine rings is 1. The van der Waals surface area contributed by atoms with E-state index < -0.39 is 0 Å². The van der Waals surface area contributed by atoms with Gasteiger partial charge in [0.05, 0.1) is 18.9 Å². The molecule has 6 nitrogen and oxygen atoms in total. The third kappa shape index (κ3) is 4.55. The van der Waals surface area contributed by atoms with E-state index in [4.69, 9.17) is 4.74 Å². The van der Waals surface area contributed by atoms with Crippen LogP contribution in [0.15, 0.2) is 66.9 Å². The molecule has 1 N–H and O–H groups in total. The third-order valence-electron chi connectivity index (χ3n) is 5.09. The lowest BCUT2D eigenvalue weighted by molar-refractivity contribution is 0.101. The van der Waals surface area contributed by atoms with Crippen LogP contribution in [0.3, 0.4) is 0 Å². The first-order valence-electron chi connectivity index (χ1n) is 9.92. The fraction of sp³-hybridized carbons (Fsp3) is 0.208. The standard InChI is InChI=1S/C24H23N3O3/c1-17(28)18-3-2-4-19(15-18)23-16-20(9-10-25-23)24(29)26-21-5-7-22(8-6-21)27-11-13-30-14-12-27/h2-10,15-16H,11-14H2,1H3,(H,26,29). The summed E-state index contributed by atoms with van der Waals surface area (Å²) in [6.45, 7) is 4.74. The summed E-state index contributed by atoms with van der Waals surface area (Å²) in [5.74, 6) is -0.216. The number of Topliss-reactive ketones (excluding diaryl/α,β-unsaturated/α-hetero) is 1. The second-order valence-electron chi connectivity index (χ2n) is 7.17. The van der Waals surface area contributed by atoms with E-state index in [1.807, 2.05) is 36.4 Å². The van der Waals surface area contributed by atoms with E-state index in [0.29, 0.717) is 16.8 Å². The molecule has 30 heavy (non-hydrogen) atoms. The largest absolute Gasteiger partial charge is 0.378 e. The number of ether oxygens (including phenoxy) is 1. The Morgan fingerprint density at radius 1 is 0.967 bits per heavy atom. The summed E-state index contributed by atoms with van der Waals surface area (Å²) >= 11 is 0. The Balaban J connectivity index is 1.48. The molecule has 3 aromatic rings. The van der Waals surface area contributed by atoms with E-state index in [-0.39, 0.29) is 11.7 Å². The fourth-order valence-corrected chi connectivity index (χ4v) is 3.41. The summed E-state index contributed by atoms with van der Waals surface area (Å²) in [6, 6.07) is 18.5. The molecule has 1 aliphatic heterocycles. The minimum absolute atomic E-state index is 0.00808. The summed E-state index contributed by atoms with van der Waals surface area (Å²) in [5.41, 5.74) is 4.41. The molecule has 1 aromatic heterocycles.